The highest BCUT2D eigenvalue weighted by atomic mass is 32.2. The van der Waals surface area contributed by atoms with E-state index in [0.717, 1.165) is 38.4 Å². The van der Waals surface area contributed by atoms with Gasteiger partial charge < -0.3 is 15.4 Å². The summed E-state index contributed by atoms with van der Waals surface area (Å²) in [4.78, 5) is 11.6. The molecule has 0 saturated carbocycles. The molecule has 5 heteroatoms. The Balaban J connectivity index is 2.41. The van der Waals surface area contributed by atoms with Crippen molar-refractivity contribution < 1.29 is 9.53 Å². The highest BCUT2D eigenvalue weighted by Gasteiger charge is 2.32. The van der Waals surface area contributed by atoms with Gasteiger partial charge in [-0.2, -0.15) is 11.8 Å². The number of nitrogens with one attached hydrogen (secondary N) is 2. The van der Waals surface area contributed by atoms with Crippen LogP contribution in [0.4, 0.5) is 4.79 Å². The molecular formula is C12H24N2O2S. The van der Waals surface area contributed by atoms with Gasteiger partial charge in [0.15, 0.2) is 0 Å². The maximum Gasteiger partial charge on any atom is 0.315 e. The van der Waals surface area contributed by atoms with Crippen molar-refractivity contribution in [2.75, 3.05) is 25.5 Å². The SMILES string of the molecule is CCSC1(CNC(=O)NC(C)C)CCOCC1. The monoisotopic (exact) mass is 260 g/mol. The zero-order valence-electron chi connectivity index (χ0n) is 11.0. The Morgan fingerprint density at radius 2 is 2.06 bits per heavy atom. The summed E-state index contributed by atoms with van der Waals surface area (Å²) >= 11 is 1.94. The van der Waals surface area contributed by atoms with Gasteiger partial charge in [-0.3, -0.25) is 0 Å². The van der Waals surface area contributed by atoms with Crippen molar-refractivity contribution in [2.45, 2.75) is 44.4 Å². The number of hydrogen-bond donors (Lipinski definition) is 2. The van der Waals surface area contributed by atoms with Crippen LogP contribution in [0.5, 0.6) is 0 Å². The molecule has 0 spiro atoms. The third kappa shape index (κ3) is 5.17. The van der Waals surface area contributed by atoms with Crippen LogP contribution in [-0.4, -0.2) is 42.3 Å². The Morgan fingerprint density at radius 1 is 1.41 bits per heavy atom. The first-order valence-electron chi connectivity index (χ1n) is 6.34. The Morgan fingerprint density at radius 3 is 2.59 bits per heavy atom. The van der Waals surface area contributed by atoms with E-state index in [-0.39, 0.29) is 16.8 Å². The zero-order valence-corrected chi connectivity index (χ0v) is 11.9. The first-order valence-corrected chi connectivity index (χ1v) is 7.32. The molecule has 2 N–H and O–H groups in total. The van der Waals surface area contributed by atoms with E-state index in [1.165, 1.54) is 0 Å². The summed E-state index contributed by atoms with van der Waals surface area (Å²) in [5.41, 5.74) is 0. The van der Waals surface area contributed by atoms with Gasteiger partial charge in [0.2, 0.25) is 0 Å². The standard InChI is InChI=1S/C12H24N2O2S/c1-4-17-12(5-7-16-8-6-12)9-13-11(15)14-10(2)3/h10H,4-9H2,1-3H3,(H2,13,14,15). The van der Waals surface area contributed by atoms with Gasteiger partial charge in [0.05, 0.1) is 0 Å². The number of hydrogen-bond acceptors (Lipinski definition) is 3. The third-order valence-corrected chi connectivity index (χ3v) is 4.30. The van der Waals surface area contributed by atoms with E-state index in [0.29, 0.717) is 0 Å². The molecule has 1 saturated heterocycles. The lowest BCUT2D eigenvalue weighted by Crippen LogP contribution is -2.48. The predicted octanol–water partition coefficient (Wildman–Crippen LogP) is 2.00. The maximum atomic E-state index is 11.6. The molecule has 0 aromatic heterocycles. The quantitative estimate of drug-likeness (QED) is 0.795. The minimum Gasteiger partial charge on any atom is -0.381 e. The fourth-order valence-electron chi connectivity index (χ4n) is 1.98. The summed E-state index contributed by atoms with van der Waals surface area (Å²) in [6, 6.07) is 0.113. The molecule has 1 heterocycles. The van der Waals surface area contributed by atoms with E-state index < -0.39 is 0 Å². The first kappa shape index (κ1) is 14.6. The Kier molecular flexibility index (Phi) is 6.12. The molecule has 4 nitrogen and oxygen atoms in total. The van der Waals surface area contributed by atoms with Crippen molar-refractivity contribution in [2.24, 2.45) is 0 Å². The van der Waals surface area contributed by atoms with Crippen LogP contribution in [0.2, 0.25) is 0 Å². The van der Waals surface area contributed by atoms with Gasteiger partial charge in [-0.15, -0.1) is 0 Å². The Labute approximate surface area is 108 Å². The summed E-state index contributed by atoms with van der Waals surface area (Å²) in [5, 5.41) is 5.83. The lowest BCUT2D eigenvalue weighted by atomic mass is 9.99. The van der Waals surface area contributed by atoms with E-state index in [4.69, 9.17) is 4.74 Å². The van der Waals surface area contributed by atoms with Crippen LogP contribution < -0.4 is 10.6 Å². The Bertz CT molecular complexity index is 235. The highest BCUT2D eigenvalue weighted by molar-refractivity contribution is 8.00. The number of thioether (sulfide) groups is 1. The smallest absolute Gasteiger partial charge is 0.315 e. The predicted molar refractivity (Wildman–Crippen MR) is 72.6 cm³/mol. The zero-order chi connectivity index (χ0) is 12.7. The average Bonchev–Trinajstić information content (AvgIpc) is 2.27. The van der Waals surface area contributed by atoms with Gasteiger partial charge in [-0.1, -0.05) is 6.92 Å². The number of rotatable bonds is 5. The number of carbonyl (C=O) groups excluding carboxylic acids is 1. The van der Waals surface area contributed by atoms with E-state index in [1.807, 2.05) is 25.6 Å². The second kappa shape index (κ2) is 7.11. The Hall–Kier alpha value is -0.420. The van der Waals surface area contributed by atoms with Gasteiger partial charge in [0.1, 0.15) is 0 Å². The minimum absolute atomic E-state index is 0.0671. The molecule has 0 radical (unpaired) electrons. The molecule has 0 aromatic rings. The van der Waals surface area contributed by atoms with Crippen LogP contribution in [0.1, 0.15) is 33.6 Å². The summed E-state index contributed by atoms with van der Waals surface area (Å²) < 4.78 is 5.57. The van der Waals surface area contributed by atoms with Crippen LogP contribution in [0.25, 0.3) is 0 Å². The molecule has 2 amide bonds. The molecule has 0 bridgehead atoms. The van der Waals surface area contributed by atoms with Crippen LogP contribution >= 0.6 is 11.8 Å². The van der Waals surface area contributed by atoms with Gasteiger partial charge in [-0.25, -0.2) is 4.79 Å². The van der Waals surface area contributed by atoms with Crippen molar-refractivity contribution in [1.29, 1.82) is 0 Å². The molecule has 1 aliphatic heterocycles. The molecule has 1 fully saturated rings. The van der Waals surface area contributed by atoms with Crippen molar-refractivity contribution >= 4 is 17.8 Å². The topological polar surface area (TPSA) is 50.4 Å². The molecule has 100 valence electrons. The lowest BCUT2D eigenvalue weighted by molar-refractivity contribution is 0.0776. The van der Waals surface area contributed by atoms with Gasteiger partial charge in [0.25, 0.3) is 0 Å². The number of urea groups is 1. The molecular weight excluding hydrogens is 236 g/mol. The van der Waals surface area contributed by atoms with E-state index in [9.17, 15) is 4.79 Å². The van der Waals surface area contributed by atoms with Crippen molar-refractivity contribution in [3.63, 3.8) is 0 Å². The average molecular weight is 260 g/mol. The molecule has 0 aromatic carbocycles. The summed E-state index contributed by atoms with van der Waals surface area (Å²) in [6.45, 7) is 8.43. The van der Waals surface area contributed by atoms with E-state index in [2.05, 4.69) is 17.6 Å². The van der Waals surface area contributed by atoms with Gasteiger partial charge in [-0.05, 0) is 32.4 Å². The number of amides is 2. The van der Waals surface area contributed by atoms with E-state index >= 15 is 0 Å². The second-order valence-corrected chi connectivity index (χ2v) is 6.44. The molecule has 0 unspecified atom stereocenters. The fraction of sp³-hybridized carbons (Fsp3) is 0.917. The lowest BCUT2D eigenvalue weighted by Gasteiger charge is -2.36. The van der Waals surface area contributed by atoms with Crippen LogP contribution in [-0.2, 0) is 4.74 Å². The fourth-order valence-corrected chi connectivity index (χ4v) is 3.22. The van der Waals surface area contributed by atoms with Crippen molar-refractivity contribution in [3.05, 3.63) is 0 Å². The van der Waals surface area contributed by atoms with Crippen molar-refractivity contribution in [1.82, 2.24) is 10.6 Å². The van der Waals surface area contributed by atoms with E-state index in [1.54, 1.807) is 0 Å². The molecule has 0 atom stereocenters. The third-order valence-electron chi connectivity index (χ3n) is 2.85. The molecule has 0 aliphatic carbocycles. The normalized spacial score (nSPS) is 19.1. The molecule has 17 heavy (non-hydrogen) atoms. The number of ether oxygens (including phenoxy) is 1. The van der Waals surface area contributed by atoms with Crippen LogP contribution in [0.15, 0.2) is 0 Å². The summed E-state index contributed by atoms with van der Waals surface area (Å²) in [7, 11) is 0. The van der Waals surface area contributed by atoms with Crippen LogP contribution in [0, 0.1) is 0 Å². The molecule has 1 rings (SSSR count). The summed E-state index contributed by atoms with van der Waals surface area (Å²) in [6.07, 6.45) is 2.04. The second-order valence-electron chi connectivity index (χ2n) is 4.71. The maximum absolute atomic E-state index is 11.6. The summed E-state index contributed by atoms with van der Waals surface area (Å²) in [5.74, 6) is 1.08. The van der Waals surface area contributed by atoms with Gasteiger partial charge in [0, 0.05) is 30.5 Å². The van der Waals surface area contributed by atoms with Crippen molar-refractivity contribution in [3.8, 4) is 0 Å². The van der Waals surface area contributed by atoms with Gasteiger partial charge >= 0.3 is 6.03 Å². The van der Waals surface area contributed by atoms with Crippen LogP contribution in [0.3, 0.4) is 0 Å². The largest absolute Gasteiger partial charge is 0.381 e. The minimum atomic E-state index is -0.0671. The highest BCUT2D eigenvalue weighted by Crippen LogP contribution is 2.34. The molecule has 1 aliphatic rings. The number of carbonyl (C=O) groups is 1. The first-order chi connectivity index (χ1) is 8.08.